The lowest BCUT2D eigenvalue weighted by Gasteiger charge is -2.31. The van der Waals surface area contributed by atoms with Crippen molar-refractivity contribution in [1.29, 1.82) is 0 Å². The SMILES string of the molecule is O=C(NCCCO)c1cn(C2CCN(Cc3ccc(F)cc3F)CC2)nn1. The molecule has 0 unspecified atom stereocenters. The maximum atomic E-state index is 13.8. The molecule has 2 aromatic rings. The molecule has 3 rings (SSSR count). The summed E-state index contributed by atoms with van der Waals surface area (Å²) in [4.78, 5) is 14.1. The van der Waals surface area contributed by atoms with Crippen molar-refractivity contribution < 1.29 is 18.7 Å². The Hall–Kier alpha value is -2.39. The van der Waals surface area contributed by atoms with Crippen LogP contribution in [0.1, 0.15) is 41.4 Å². The second-order valence-corrected chi connectivity index (χ2v) is 6.66. The lowest BCUT2D eigenvalue weighted by Crippen LogP contribution is -2.34. The van der Waals surface area contributed by atoms with E-state index in [1.165, 1.54) is 12.1 Å². The lowest BCUT2D eigenvalue weighted by atomic mass is 10.0. The van der Waals surface area contributed by atoms with E-state index in [-0.39, 0.29) is 24.2 Å². The zero-order valence-electron chi connectivity index (χ0n) is 14.9. The average Bonchev–Trinajstić information content (AvgIpc) is 3.15. The number of hydrogen-bond donors (Lipinski definition) is 2. The Morgan fingerprint density at radius 3 is 2.78 bits per heavy atom. The van der Waals surface area contributed by atoms with Crippen molar-refractivity contribution >= 4 is 5.91 Å². The maximum Gasteiger partial charge on any atom is 0.273 e. The molecule has 1 fully saturated rings. The van der Waals surface area contributed by atoms with Crippen LogP contribution < -0.4 is 5.32 Å². The van der Waals surface area contributed by atoms with Crippen LogP contribution in [0.4, 0.5) is 8.78 Å². The first-order valence-electron chi connectivity index (χ1n) is 9.04. The van der Waals surface area contributed by atoms with Gasteiger partial charge in [0, 0.05) is 44.4 Å². The number of aliphatic hydroxyl groups is 1. The van der Waals surface area contributed by atoms with E-state index in [0.717, 1.165) is 32.0 Å². The van der Waals surface area contributed by atoms with Gasteiger partial charge in [0.1, 0.15) is 11.6 Å². The number of likely N-dealkylation sites (tertiary alicyclic amines) is 1. The Balaban J connectivity index is 1.51. The monoisotopic (exact) mass is 379 g/mol. The van der Waals surface area contributed by atoms with Gasteiger partial charge < -0.3 is 10.4 Å². The predicted octanol–water partition coefficient (Wildman–Crippen LogP) is 1.51. The summed E-state index contributed by atoms with van der Waals surface area (Å²) in [5.41, 5.74) is 0.737. The fourth-order valence-electron chi connectivity index (χ4n) is 3.16. The van der Waals surface area contributed by atoms with Crippen LogP contribution >= 0.6 is 0 Å². The van der Waals surface area contributed by atoms with E-state index in [4.69, 9.17) is 5.11 Å². The van der Waals surface area contributed by atoms with E-state index in [2.05, 4.69) is 20.5 Å². The fourth-order valence-corrected chi connectivity index (χ4v) is 3.16. The molecule has 1 aromatic heterocycles. The molecule has 7 nitrogen and oxygen atoms in total. The highest BCUT2D eigenvalue weighted by atomic mass is 19.1. The number of benzene rings is 1. The highest BCUT2D eigenvalue weighted by Crippen LogP contribution is 2.23. The van der Waals surface area contributed by atoms with Gasteiger partial charge in [-0.1, -0.05) is 11.3 Å². The Bertz CT molecular complexity index is 775. The number of carbonyl (C=O) groups is 1. The normalized spacial score (nSPS) is 15.8. The molecule has 2 heterocycles. The van der Waals surface area contributed by atoms with Crippen LogP contribution in [-0.4, -0.2) is 57.1 Å². The lowest BCUT2D eigenvalue weighted by molar-refractivity contribution is 0.0946. The minimum atomic E-state index is -0.572. The van der Waals surface area contributed by atoms with Crippen molar-refractivity contribution in [3.8, 4) is 0 Å². The number of hydrogen-bond acceptors (Lipinski definition) is 5. The third kappa shape index (κ3) is 5.08. The molecule has 1 amide bonds. The molecule has 0 bridgehead atoms. The predicted molar refractivity (Wildman–Crippen MR) is 94.0 cm³/mol. The molecule has 1 aromatic carbocycles. The minimum absolute atomic E-state index is 0.0212. The van der Waals surface area contributed by atoms with Gasteiger partial charge in [-0.2, -0.15) is 0 Å². The molecule has 9 heteroatoms. The van der Waals surface area contributed by atoms with Gasteiger partial charge in [-0.15, -0.1) is 5.10 Å². The molecule has 1 aliphatic heterocycles. The van der Waals surface area contributed by atoms with Gasteiger partial charge in [-0.25, -0.2) is 13.5 Å². The van der Waals surface area contributed by atoms with Gasteiger partial charge >= 0.3 is 0 Å². The summed E-state index contributed by atoms with van der Waals surface area (Å²) in [5.74, 6) is -1.40. The van der Waals surface area contributed by atoms with Crippen LogP contribution in [0.25, 0.3) is 0 Å². The molecule has 27 heavy (non-hydrogen) atoms. The van der Waals surface area contributed by atoms with Gasteiger partial charge in [0.25, 0.3) is 5.91 Å². The highest BCUT2D eigenvalue weighted by Gasteiger charge is 2.23. The van der Waals surface area contributed by atoms with Gasteiger partial charge in [0.15, 0.2) is 5.69 Å². The summed E-state index contributed by atoms with van der Waals surface area (Å²) in [5, 5.41) is 19.4. The van der Waals surface area contributed by atoms with Crippen molar-refractivity contribution in [2.45, 2.75) is 31.8 Å². The third-order valence-electron chi connectivity index (χ3n) is 4.70. The van der Waals surface area contributed by atoms with Crippen LogP contribution in [0.5, 0.6) is 0 Å². The van der Waals surface area contributed by atoms with E-state index >= 15 is 0 Å². The summed E-state index contributed by atoms with van der Waals surface area (Å²) in [7, 11) is 0. The molecular weight excluding hydrogens is 356 g/mol. The van der Waals surface area contributed by atoms with E-state index < -0.39 is 11.6 Å². The van der Waals surface area contributed by atoms with E-state index in [1.807, 2.05) is 0 Å². The number of nitrogens with zero attached hydrogens (tertiary/aromatic N) is 4. The van der Waals surface area contributed by atoms with E-state index in [0.29, 0.717) is 25.1 Å². The smallest absolute Gasteiger partial charge is 0.273 e. The van der Waals surface area contributed by atoms with Gasteiger partial charge in [-0.05, 0) is 25.3 Å². The zero-order valence-corrected chi connectivity index (χ0v) is 14.9. The van der Waals surface area contributed by atoms with Crippen LogP contribution in [0.15, 0.2) is 24.4 Å². The molecule has 0 spiro atoms. The van der Waals surface area contributed by atoms with Crippen LogP contribution in [-0.2, 0) is 6.54 Å². The number of nitrogens with one attached hydrogen (secondary N) is 1. The first-order chi connectivity index (χ1) is 13.1. The molecule has 0 saturated carbocycles. The van der Waals surface area contributed by atoms with Crippen LogP contribution in [0.3, 0.4) is 0 Å². The Morgan fingerprint density at radius 2 is 2.07 bits per heavy atom. The van der Waals surface area contributed by atoms with Gasteiger partial charge in [0.2, 0.25) is 0 Å². The maximum absolute atomic E-state index is 13.8. The first-order valence-corrected chi connectivity index (χ1v) is 9.04. The topological polar surface area (TPSA) is 83.3 Å². The molecule has 0 aliphatic carbocycles. The molecular formula is C18H23F2N5O2. The molecule has 1 aliphatic rings. The number of halogens is 2. The summed E-state index contributed by atoms with van der Waals surface area (Å²) < 4.78 is 28.5. The fraction of sp³-hybridized carbons (Fsp3) is 0.500. The number of rotatable bonds is 7. The van der Waals surface area contributed by atoms with Crippen LogP contribution in [0.2, 0.25) is 0 Å². The van der Waals surface area contributed by atoms with Crippen LogP contribution in [0, 0.1) is 11.6 Å². The highest BCUT2D eigenvalue weighted by molar-refractivity contribution is 5.91. The number of aliphatic hydroxyl groups excluding tert-OH is 1. The molecule has 0 atom stereocenters. The number of carbonyl (C=O) groups excluding carboxylic acids is 1. The largest absolute Gasteiger partial charge is 0.396 e. The molecule has 1 saturated heterocycles. The standard InChI is InChI=1S/C18H23F2N5O2/c19-14-3-2-13(16(20)10-14)11-24-7-4-15(5-8-24)25-12-17(22-23-25)18(27)21-6-1-9-26/h2-3,10,12,15,26H,1,4-9,11H2,(H,21,27). The number of piperidine rings is 1. The van der Waals surface area contributed by atoms with Crippen molar-refractivity contribution in [2.75, 3.05) is 26.2 Å². The summed E-state index contributed by atoms with van der Waals surface area (Å²) >= 11 is 0. The number of amides is 1. The number of aromatic nitrogens is 3. The van der Waals surface area contributed by atoms with E-state index in [1.54, 1.807) is 10.9 Å². The van der Waals surface area contributed by atoms with Gasteiger partial charge in [-0.3, -0.25) is 9.69 Å². The van der Waals surface area contributed by atoms with Crippen molar-refractivity contribution in [1.82, 2.24) is 25.2 Å². The Kier molecular flexibility index (Phi) is 6.46. The summed E-state index contributed by atoms with van der Waals surface area (Å²) in [6.07, 6.45) is 3.73. The molecule has 146 valence electrons. The Morgan fingerprint density at radius 1 is 1.30 bits per heavy atom. The van der Waals surface area contributed by atoms with Crippen molar-refractivity contribution in [3.05, 3.63) is 47.3 Å². The zero-order chi connectivity index (χ0) is 19.2. The average molecular weight is 379 g/mol. The summed E-state index contributed by atoms with van der Waals surface area (Å²) in [6, 6.07) is 3.79. The second-order valence-electron chi connectivity index (χ2n) is 6.66. The first kappa shape index (κ1) is 19.4. The summed E-state index contributed by atoms with van der Waals surface area (Å²) in [6.45, 7) is 2.35. The second kappa shape index (κ2) is 9.01. The molecule has 0 radical (unpaired) electrons. The van der Waals surface area contributed by atoms with Crippen molar-refractivity contribution in [3.63, 3.8) is 0 Å². The minimum Gasteiger partial charge on any atom is -0.396 e. The third-order valence-corrected chi connectivity index (χ3v) is 4.70. The van der Waals surface area contributed by atoms with Crippen molar-refractivity contribution in [2.24, 2.45) is 0 Å². The van der Waals surface area contributed by atoms with Gasteiger partial charge in [0.05, 0.1) is 12.2 Å². The Labute approximate surface area is 156 Å². The molecule has 2 N–H and O–H groups in total. The van der Waals surface area contributed by atoms with E-state index in [9.17, 15) is 13.6 Å². The quantitative estimate of drug-likeness (QED) is 0.713.